The number of hydrogen-bond donors (Lipinski definition) is 0. The van der Waals surface area contributed by atoms with E-state index in [1.807, 2.05) is 0 Å². The maximum Gasteiger partial charge on any atom is -0.0380 e. The molecule has 116 valence electrons. The van der Waals surface area contributed by atoms with Crippen LogP contribution < -0.4 is 0 Å². The third kappa shape index (κ3) is 2.95. The van der Waals surface area contributed by atoms with Gasteiger partial charge in [-0.1, -0.05) is 27.7 Å². The van der Waals surface area contributed by atoms with Gasteiger partial charge in [-0.25, -0.2) is 0 Å². The first-order valence-corrected chi connectivity index (χ1v) is 9.54. The molecule has 0 nitrogen and oxygen atoms in total. The van der Waals surface area contributed by atoms with E-state index in [-0.39, 0.29) is 0 Å². The Kier molecular flexibility index (Phi) is 4.48. The van der Waals surface area contributed by atoms with Crippen LogP contribution in [0.15, 0.2) is 0 Å². The van der Waals surface area contributed by atoms with Crippen molar-refractivity contribution in [2.24, 2.45) is 47.3 Å². The van der Waals surface area contributed by atoms with Crippen LogP contribution in [-0.4, -0.2) is 0 Å². The SMILES string of the molecule is CC(C)C1CCC2CC3CC(C(C)C)CCC3CC2C1. The highest BCUT2D eigenvalue weighted by Crippen LogP contribution is 2.53. The van der Waals surface area contributed by atoms with Crippen molar-refractivity contribution in [2.45, 2.75) is 79.1 Å². The largest absolute Gasteiger partial charge is 0.0625 e. The molecule has 3 saturated carbocycles. The first kappa shape index (κ1) is 14.9. The number of hydrogen-bond acceptors (Lipinski definition) is 0. The van der Waals surface area contributed by atoms with Crippen LogP contribution >= 0.6 is 0 Å². The van der Waals surface area contributed by atoms with Gasteiger partial charge in [-0.15, -0.1) is 0 Å². The molecule has 0 bridgehead atoms. The summed E-state index contributed by atoms with van der Waals surface area (Å²) in [7, 11) is 0. The molecule has 0 saturated heterocycles. The van der Waals surface area contributed by atoms with E-state index in [0.29, 0.717) is 0 Å². The monoisotopic (exact) mass is 276 g/mol. The van der Waals surface area contributed by atoms with Gasteiger partial charge in [-0.2, -0.15) is 0 Å². The zero-order chi connectivity index (χ0) is 14.3. The molecule has 0 aromatic heterocycles. The lowest BCUT2D eigenvalue weighted by Crippen LogP contribution is -2.40. The minimum atomic E-state index is 0.922. The summed E-state index contributed by atoms with van der Waals surface area (Å²) < 4.78 is 0. The molecule has 0 amide bonds. The smallest absolute Gasteiger partial charge is 0.0380 e. The molecule has 0 N–H and O–H groups in total. The molecule has 3 fully saturated rings. The third-order valence-electron chi connectivity index (χ3n) is 7.46. The summed E-state index contributed by atoms with van der Waals surface area (Å²) in [6, 6.07) is 0. The summed E-state index contributed by atoms with van der Waals surface area (Å²) in [6.45, 7) is 9.80. The third-order valence-corrected chi connectivity index (χ3v) is 7.46. The zero-order valence-electron chi connectivity index (χ0n) is 14.3. The molecule has 0 aliphatic heterocycles. The van der Waals surface area contributed by atoms with Crippen molar-refractivity contribution in [3.05, 3.63) is 0 Å². The highest BCUT2D eigenvalue weighted by Gasteiger charge is 2.43. The Bertz CT molecular complexity index is 284. The summed E-state index contributed by atoms with van der Waals surface area (Å²) in [5.41, 5.74) is 0. The Morgan fingerprint density at radius 2 is 0.900 bits per heavy atom. The van der Waals surface area contributed by atoms with Gasteiger partial charge in [-0.3, -0.25) is 0 Å². The predicted molar refractivity (Wildman–Crippen MR) is 87.6 cm³/mol. The van der Waals surface area contributed by atoms with E-state index in [2.05, 4.69) is 27.7 Å². The lowest BCUT2D eigenvalue weighted by molar-refractivity contribution is 0.00739. The van der Waals surface area contributed by atoms with Gasteiger partial charge in [0.15, 0.2) is 0 Å². The Labute approximate surface area is 127 Å². The number of rotatable bonds is 2. The van der Waals surface area contributed by atoms with Gasteiger partial charge >= 0.3 is 0 Å². The van der Waals surface area contributed by atoms with Crippen LogP contribution in [0.5, 0.6) is 0 Å². The van der Waals surface area contributed by atoms with E-state index in [4.69, 9.17) is 0 Å². The fourth-order valence-corrected chi connectivity index (χ4v) is 5.91. The summed E-state index contributed by atoms with van der Waals surface area (Å²) in [5, 5.41) is 0. The average Bonchev–Trinajstić information content (AvgIpc) is 2.43. The predicted octanol–water partition coefficient (Wildman–Crippen LogP) is 6.16. The zero-order valence-corrected chi connectivity index (χ0v) is 14.3. The average molecular weight is 277 g/mol. The van der Waals surface area contributed by atoms with Crippen molar-refractivity contribution in [2.75, 3.05) is 0 Å². The molecule has 0 aromatic carbocycles. The molecule has 6 atom stereocenters. The highest BCUT2D eigenvalue weighted by atomic mass is 14.5. The van der Waals surface area contributed by atoms with E-state index < -0.39 is 0 Å². The molecule has 0 heteroatoms. The fraction of sp³-hybridized carbons (Fsp3) is 1.00. The van der Waals surface area contributed by atoms with Gasteiger partial charge < -0.3 is 0 Å². The Balaban J connectivity index is 1.61. The van der Waals surface area contributed by atoms with Crippen molar-refractivity contribution < 1.29 is 0 Å². The van der Waals surface area contributed by atoms with Crippen LogP contribution in [0.25, 0.3) is 0 Å². The van der Waals surface area contributed by atoms with E-state index in [9.17, 15) is 0 Å². The second-order valence-electron chi connectivity index (χ2n) is 9.15. The highest BCUT2D eigenvalue weighted by molar-refractivity contribution is 4.93. The minimum Gasteiger partial charge on any atom is -0.0625 e. The fourth-order valence-electron chi connectivity index (χ4n) is 5.91. The summed E-state index contributed by atoms with van der Waals surface area (Å²) in [5.74, 6) is 8.35. The van der Waals surface area contributed by atoms with E-state index in [0.717, 1.165) is 47.3 Å². The molecule has 20 heavy (non-hydrogen) atoms. The molecule has 3 rings (SSSR count). The molecular weight excluding hydrogens is 240 g/mol. The van der Waals surface area contributed by atoms with Gasteiger partial charge in [-0.05, 0) is 98.7 Å². The first-order valence-electron chi connectivity index (χ1n) is 9.54. The van der Waals surface area contributed by atoms with Gasteiger partial charge in [0.1, 0.15) is 0 Å². The second-order valence-corrected chi connectivity index (χ2v) is 9.15. The van der Waals surface area contributed by atoms with Crippen LogP contribution in [0.3, 0.4) is 0 Å². The Morgan fingerprint density at radius 3 is 1.25 bits per heavy atom. The van der Waals surface area contributed by atoms with E-state index in [1.54, 1.807) is 38.5 Å². The maximum absolute atomic E-state index is 2.45. The van der Waals surface area contributed by atoms with Crippen LogP contribution in [0.4, 0.5) is 0 Å². The normalized spacial score (nSPS) is 45.3. The molecule has 3 aliphatic rings. The second kappa shape index (κ2) is 6.01. The van der Waals surface area contributed by atoms with Crippen molar-refractivity contribution in [3.8, 4) is 0 Å². The van der Waals surface area contributed by atoms with Crippen molar-refractivity contribution in [3.63, 3.8) is 0 Å². The van der Waals surface area contributed by atoms with Gasteiger partial charge in [0.2, 0.25) is 0 Å². The quantitative estimate of drug-likeness (QED) is 0.567. The van der Waals surface area contributed by atoms with Crippen molar-refractivity contribution in [1.29, 1.82) is 0 Å². The van der Waals surface area contributed by atoms with Crippen LogP contribution in [0, 0.1) is 47.3 Å². The summed E-state index contributed by atoms with van der Waals surface area (Å²) in [4.78, 5) is 0. The standard InChI is InChI=1S/C20H36/c1-13(2)15-5-7-17-12-20-10-16(14(3)4)6-8-18(20)11-19(17)9-15/h13-20H,5-12H2,1-4H3. The maximum atomic E-state index is 2.45. The van der Waals surface area contributed by atoms with Gasteiger partial charge in [0.05, 0.1) is 0 Å². The molecule has 0 radical (unpaired) electrons. The van der Waals surface area contributed by atoms with Crippen LogP contribution in [0.1, 0.15) is 79.1 Å². The lowest BCUT2D eigenvalue weighted by Gasteiger charge is -2.50. The minimum absolute atomic E-state index is 0.922. The lowest BCUT2D eigenvalue weighted by atomic mass is 9.56. The summed E-state index contributed by atoms with van der Waals surface area (Å²) in [6.07, 6.45) is 12.5. The van der Waals surface area contributed by atoms with Crippen LogP contribution in [0.2, 0.25) is 0 Å². The Morgan fingerprint density at radius 1 is 0.500 bits per heavy atom. The number of fused-ring (bicyclic) bond motifs is 2. The molecular formula is C20H36. The van der Waals surface area contributed by atoms with Crippen molar-refractivity contribution >= 4 is 0 Å². The molecule has 0 heterocycles. The van der Waals surface area contributed by atoms with E-state index in [1.165, 1.54) is 12.8 Å². The van der Waals surface area contributed by atoms with Crippen molar-refractivity contribution in [1.82, 2.24) is 0 Å². The molecule has 0 aromatic rings. The first-order chi connectivity index (χ1) is 9.54. The van der Waals surface area contributed by atoms with Crippen LogP contribution in [-0.2, 0) is 0 Å². The van der Waals surface area contributed by atoms with E-state index >= 15 is 0 Å². The molecule has 3 aliphatic carbocycles. The van der Waals surface area contributed by atoms with Gasteiger partial charge in [0, 0.05) is 0 Å². The van der Waals surface area contributed by atoms with Gasteiger partial charge in [0.25, 0.3) is 0 Å². The summed E-state index contributed by atoms with van der Waals surface area (Å²) >= 11 is 0. The molecule has 0 spiro atoms. The Hall–Kier alpha value is 0. The molecule has 6 unspecified atom stereocenters. The topological polar surface area (TPSA) is 0 Å².